The Kier molecular flexibility index (Phi) is 3.76. The van der Waals surface area contributed by atoms with Crippen LogP contribution in [0.5, 0.6) is 0 Å². The summed E-state index contributed by atoms with van der Waals surface area (Å²) in [6.07, 6.45) is 7.38. The predicted molar refractivity (Wildman–Crippen MR) is 88.5 cm³/mol. The van der Waals surface area contributed by atoms with Crippen molar-refractivity contribution in [1.29, 1.82) is 0 Å². The lowest BCUT2D eigenvalue weighted by Gasteiger charge is -2.28. The van der Waals surface area contributed by atoms with Gasteiger partial charge in [0, 0.05) is 31.1 Å². The molecule has 2 aliphatic rings. The quantitative estimate of drug-likeness (QED) is 0.893. The molecular weight excluding hydrogens is 328 g/mol. The third kappa shape index (κ3) is 2.78. The summed E-state index contributed by atoms with van der Waals surface area (Å²) in [4.78, 5) is 33.9. The summed E-state index contributed by atoms with van der Waals surface area (Å²) in [7, 11) is 0. The Labute approximate surface area is 144 Å². The van der Waals surface area contributed by atoms with Gasteiger partial charge in [-0.2, -0.15) is 0 Å². The fourth-order valence-electron chi connectivity index (χ4n) is 3.36. The molecule has 0 bridgehead atoms. The zero-order valence-corrected chi connectivity index (χ0v) is 13.7. The van der Waals surface area contributed by atoms with Crippen LogP contribution in [0.3, 0.4) is 0 Å². The van der Waals surface area contributed by atoms with Crippen molar-refractivity contribution in [3.8, 4) is 0 Å². The number of H-pyrrole nitrogens is 1. The van der Waals surface area contributed by atoms with Crippen LogP contribution in [0.15, 0.2) is 36.8 Å². The van der Waals surface area contributed by atoms with Gasteiger partial charge in [0.1, 0.15) is 5.69 Å². The molecule has 4 rings (SSSR count). The van der Waals surface area contributed by atoms with E-state index < -0.39 is 0 Å². The highest BCUT2D eigenvalue weighted by atomic mass is 35.5. The molecule has 3 heterocycles. The first-order valence-corrected chi connectivity index (χ1v) is 8.37. The van der Waals surface area contributed by atoms with Crippen LogP contribution < -0.4 is 5.32 Å². The maximum absolute atomic E-state index is 12.5. The van der Waals surface area contributed by atoms with Crippen LogP contribution in [0.25, 0.3) is 0 Å². The Morgan fingerprint density at radius 2 is 2.25 bits per heavy atom. The van der Waals surface area contributed by atoms with Crippen LogP contribution in [-0.2, 0) is 4.79 Å². The Bertz CT molecular complexity index is 772. The van der Waals surface area contributed by atoms with E-state index in [-0.39, 0.29) is 29.9 Å². The van der Waals surface area contributed by atoms with Crippen LogP contribution >= 0.6 is 11.6 Å². The number of likely N-dealkylation sites (tertiary alicyclic amines) is 1. The Morgan fingerprint density at radius 1 is 1.42 bits per heavy atom. The van der Waals surface area contributed by atoms with Crippen molar-refractivity contribution in [3.05, 3.63) is 53.1 Å². The summed E-state index contributed by atoms with van der Waals surface area (Å²) in [6, 6.07) is 5.21. The Balaban J connectivity index is 1.60. The molecule has 0 spiro atoms. The van der Waals surface area contributed by atoms with Crippen LogP contribution in [0.2, 0.25) is 5.02 Å². The lowest BCUT2D eigenvalue weighted by atomic mass is 10.0. The average Bonchev–Trinajstić information content (AvgIpc) is 3.23. The second-order valence-corrected chi connectivity index (χ2v) is 6.72. The van der Waals surface area contributed by atoms with Gasteiger partial charge in [-0.1, -0.05) is 17.7 Å². The number of nitrogens with one attached hydrogen (secondary N) is 2. The summed E-state index contributed by atoms with van der Waals surface area (Å²) >= 11 is 5.86. The smallest absolute Gasteiger partial charge is 0.268 e. The molecule has 0 radical (unpaired) electrons. The standard InChI is InChI=1S/C17H17ClN4O2/c18-11-6-14(20-9-11)17(24)21-13-7-15(23)22(12-3-4-12)16(13)10-2-1-5-19-8-10/h1-2,5-6,8-9,12-13,16,20H,3-4,7H2,(H,21,24)/t13-,16+/m1/s1. The van der Waals surface area contributed by atoms with E-state index in [9.17, 15) is 9.59 Å². The zero-order chi connectivity index (χ0) is 16.7. The fourth-order valence-corrected chi connectivity index (χ4v) is 3.52. The summed E-state index contributed by atoms with van der Waals surface area (Å²) < 4.78 is 0. The van der Waals surface area contributed by atoms with Crippen LogP contribution in [0.1, 0.15) is 41.4 Å². The predicted octanol–water partition coefficient (Wildman–Crippen LogP) is 2.30. The average molecular weight is 345 g/mol. The van der Waals surface area contributed by atoms with E-state index in [0.717, 1.165) is 18.4 Å². The van der Waals surface area contributed by atoms with Gasteiger partial charge in [-0.15, -0.1) is 0 Å². The SMILES string of the molecule is O=C(N[C@@H]1CC(=O)N(C2CC2)[C@H]1c1cccnc1)c1cc(Cl)c[nH]1. The van der Waals surface area contributed by atoms with Crippen LogP contribution in [-0.4, -0.2) is 38.8 Å². The second-order valence-electron chi connectivity index (χ2n) is 6.28. The number of aromatic nitrogens is 2. The molecule has 2 N–H and O–H groups in total. The van der Waals surface area contributed by atoms with Crippen LogP contribution in [0, 0.1) is 0 Å². The third-order valence-electron chi connectivity index (χ3n) is 4.54. The van der Waals surface area contributed by atoms with Crippen molar-refractivity contribution in [2.45, 2.75) is 37.4 Å². The number of pyridine rings is 1. The molecule has 2 fully saturated rings. The highest BCUT2D eigenvalue weighted by molar-refractivity contribution is 6.30. The molecule has 0 aromatic carbocycles. The number of nitrogens with zero attached hydrogens (tertiary/aromatic N) is 2. The van der Waals surface area contributed by atoms with Gasteiger partial charge in [0.25, 0.3) is 5.91 Å². The first-order valence-electron chi connectivity index (χ1n) is 7.99. The molecule has 2 amide bonds. The van der Waals surface area contributed by atoms with Gasteiger partial charge in [-0.25, -0.2) is 0 Å². The van der Waals surface area contributed by atoms with Gasteiger partial charge >= 0.3 is 0 Å². The van der Waals surface area contributed by atoms with Gasteiger partial charge < -0.3 is 15.2 Å². The Hall–Kier alpha value is -2.34. The topological polar surface area (TPSA) is 78.1 Å². The molecular formula is C17H17ClN4O2. The van der Waals surface area contributed by atoms with Crippen LogP contribution in [0.4, 0.5) is 0 Å². The van der Waals surface area contributed by atoms with Gasteiger partial charge in [0.15, 0.2) is 0 Å². The zero-order valence-electron chi connectivity index (χ0n) is 12.9. The lowest BCUT2D eigenvalue weighted by Crippen LogP contribution is -2.40. The molecule has 2 aromatic rings. The minimum Gasteiger partial charge on any atom is -0.356 e. The number of halogens is 1. The minimum absolute atomic E-state index is 0.0844. The van der Waals surface area contributed by atoms with Crippen molar-refractivity contribution < 1.29 is 9.59 Å². The molecule has 24 heavy (non-hydrogen) atoms. The van der Waals surface area contributed by atoms with Gasteiger partial charge in [0.2, 0.25) is 5.91 Å². The second kappa shape index (κ2) is 5.94. The number of hydrogen-bond acceptors (Lipinski definition) is 3. The molecule has 1 aliphatic carbocycles. The summed E-state index contributed by atoms with van der Waals surface area (Å²) in [6.45, 7) is 0. The van der Waals surface area contributed by atoms with E-state index in [4.69, 9.17) is 11.6 Å². The highest BCUT2D eigenvalue weighted by Gasteiger charge is 2.47. The third-order valence-corrected chi connectivity index (χ3v) is 4.76. The number of carbonyl (C=O) groups excluding carboxylic acids is 2. The summed E-state index contributed by atoms with van der Waals surface area (Å²) in [5.74, 6) is -0.174. The highest BCUT2D eigenvalue weighted by Crippen LogP contribution is 2.41. The minimum atomic E-state index is -0.281. The van der Waals surface area contributed by atoms with E-state index in [1.807, 2.05) is 17.0 Å². The van der Waals surface area contributed by atoms with Gasteiger partial charge in [-0.3, -0.25) is 14.6 Å². The van der Waals surface area contributed by atoms with Crippen molar-refractivity contribution >= 4 is 23.4 Å². The van der Waals surface area contributed by atoms with E-state index in [1.165, 1.54) is 0 Å². The van der Waals surface area contributed by atoms with Gasteiger partial charge in [-0.05, 0) is 30.5 Å². The first-order chi connectivity index (χ1) is 11.6. The monoisotopic (exact) mass is 344 g/mol. The summed E-state index contributed by atoms with van der Waals surface area (Å²) in [5, 5.41) is 3.46. The summed E-state index contributed by atoms with van der Waals surface area (Å²) in [5.41, 5.74) is 1.34. The molecule has 2 aromatic heterocycles. The lowest BCUT2D eigenvalue weighted by molar-refractivity contribution is -0.129. The van der Waals surface area contributed by atoms with E-state index in [0.29, 0.717) is 17.1 Å². The maximum Gasteiger partial charge on any atom is 0.268 e. The fraction of sp³-hybridized carbons (Fsp3) is 0.353. The van der Waals surface area contributed by atoms with Gasteiger partial charge in [0.05, 0.1) is 17.1 Å². The number of hydrogen-bond donors (Lipinski definition) is 2. The van der Waals surface area contributed by atoms with Crippen molar-refractivity contribution in [1.82, 2.24) is 20.2 Å². The molecule has 124 valence electrons. The van der Waals surface area contributed by atoms with Crippen molar-refractivity contribution in [2.75, 3.05) is 0 Å². The number of amides is 2. The molecule has 1 aliphatic heterocycles. The largest absolute Gasteiger partial charge is 0.356 e. The molecule has 7 heteroatoms. The number of aromatic amines is 1. The number of carbonyl (C=O) groups is 2. The maximum atomic E-state index is 12.5. The van der Waals surface area contributed by atoms with Crippen molar-refractivity contribution in [3.63, 3.8) is 0 Å². The Morgan fingerprint density at radius 3 is 2.88 bits per heavy atom. The molecule has 0 unspecified atom stereocenters. The molecule has 1 saturated carbocycles. The first kappa shape index (κ1) is 15.2. The van der Waals surface area contributed by atoms with Crippen molar-refractivity contribution in [2.24, 2.45) is 0 Å². The molecule has 1 saturated heterocycles. The van der Waals surface area contributed by atoms with E-state index >= 15 is 0 Å². The molecule has 6 nitrogen and oxygen atoms in total. The normalized spacial score (nSPS) is 23.5. The van der Waals surface area contributed by atoms with E-state index in [1.54, 1.807) is 24.7 Å². The molecule has 2 atom stereocenters. The number of rotatable bonds is 4. The van der Waals surface area contributed by atoms with E-state index in [2.05, 4.69) is 15.3 Å².